The fraction of sp³-hybridized carbons (Fsp3) is 0.811. The second kappa shape index (κ2) is 33.1. The van der Waals surface area contributed by atoms with E-state index < -0.39 is 12.1 Å². The largest absolute Gasteiger partial charge is 0.394 e. The van der Waals surface area contributed by atoms with Gasteiger partial charge in [0, 0.05) is 6.42 Å². The Kier molecular flexibility index (Phi) is 32.0. The van der Waals surface area contributed by atoms with E-state index >= 15 is 0 Å². The molecule has 0 saturated carbocycles. The summed E-state index contributed by atoms with van der Waals surface area (Å²) >= 11 is 0. The van der Waals surface area contributed by atoms with Gasteiger partial charge < -0.3 is 15.5 Å². The maximum Gasteiger partial charge on any atom is 0.220 e. The molecular weight excluding hydrogens is 506 g/mol. The van der Waals surface area contributed by atoms with Gasteiger partial charge in [-0.2, -0.15) is 0 Å². The van der Waals surface area contributed by atoms with Crippen LogP contribution in [0.4, 0.5) is 0 Å². The summed E-state index contributed by atoms with van der Waals surface area (Å²) in [5.74, 6) is -0.0795. The van der Waals surface area contributed by atoms with Crippen LogP contribution in [0.3, 0.4) is 0 Å². The third-order valence-corrected chi connectivity index (χ3v) is 7.85. The van der Waals surface area contributed by atoms with Gasteiger partial charge in [-0.15, -0.1) is 0 Å². The maximum absolute atomic E-state index is 12.3. The Bertz CT molecular complexity index is 628. The molecule has 0 aliphatic heterocycles. The van der Waals surface area contributed by atoms with Crippen LogP contribution in [0.15, 0.2) is 36.5 Å². The smallest absolute Gasteiger partial charge is 0.220 e. The van der Waals surface area contributed by atoms with Crippen LogP contribution in [0.5, 0.6) is 0 Å². The standard InChI is InChI=1S/C37H69NO3/c1-3-5-7-9-11-13-15-17-19-21-23-25-27-29-31-33-37(41)38-35(34-39)36(40)32-30-28-26-24-22-20-18-16-14-12-10-8-6-4-2/h14,16,22,24,30,32,35-36,39-40H,3-13,15,17-21,23,25-29,31,33-34H2,1-2H3,(H,38,41)/b16-14+,24-22+,32-30+. The van der Waals surface area contributed by atoms with Crippen LogP contribution in [0.1, 0.15) is 174 Å². The Hall–Kier alpha value is -1.39. The molecule has 0 aliphatic carbocycles. The minimum Gasteiger partial charge on any atom is -0.394 e. The minimum absolute atomic E-state index is 0.0795. The summed E-state index contributed by atoms with van der Waals surface area (Å²) in [4.78, 5) is 12.3. The first-order valence-corrected chi connectivity index (χ1v) is 17.7. The van der Waals surface area contributed by atoms with Crippen LogP contribution in [-0.4, -0.2) is 34.9 Å². The molecule has 0 aliphatic rings. The van der Waals surface area contributed by atoms with Gasteiger partial charge in [-0.1, -0.05) is 159 Å². The molecule has 0 spiro atoms. The first-order valence-electron chi connectivity index (χ1n) is 17.7. The highest BCUT2D eigenvalue weighted by atomic mass is 16.3. The van der Waals surface area contributed by atoms with Gasteiger partial charge in [0.25, 0.3) is 0 Å². The van der Waals surface area contributed by atoms with Gasteiger partial charge in [-0.25, -0.2) is 0 Å². The van der Waals surface area contributed by atoms with E-state index in [1.54, 1.807) is 6.08 Å². The van der Waals surface area contributed by atoms with Gasteiger partial charge in [0.05, 0.1) is 18.8 Å². The quantitative estimate of drug-likeness (QED) is 0.0569. The Morgan fingerprint density at radius 2 is 0.951 bits per heavy atom. The molecule has 3 N–H and O–H groups in total. The molecule has 0 aromatic carbocycles. The molecule has 240 valence electrons. The monoisotopic (exact) mass is 576 g/mol. The molecule has 4 nitrogen and oxygen atoms in total. The number of nitrogens with one attached hydrogen (secondary N) is 1. The Labute approximate surface area is 255 Å². The number of hydrogen-bond acceptors (Lipinski definition) is 3. The third kappa shape index (κ3) is 29.9. The highest BCUT2D eigenvalue weighted by Gasteiger charge is 2.17. The first kappa shape index (κ1) is 39.6. The lowest BCUT2D eigenvalue weighted by Gasteiger charge is -2.19. The van der Waals surface area contributed by atoms with Crippen LogP contribution >= 0.6 is 0 Å². The lowest BCUT2D eigenvalue weighted by atomic mass is 10.0. The van der Waals surface area contributed by atoms with Crippen molar-refractivity contribution in [1.29, 1.82) is 0 Å². The Balaban J connectivity index is 3.70. The fourth-order valence-electron chi connectivity index (χ4n) is 5.09. The summed E-state index contributed by atoms with van der Waals surface area (Å²) in [5.41, 5.74) is 0. The average Bonchev–Trinajstić information content (AvgIpc) is 2.97. The van der Waals surface area contributed by atoms with E-state index in [2.05, 4.69) is 43.5 Å². The van der Waals surface area contributed by atoms with Crippen molar-refractivity contribution >= 4 is 5.91 Å². The molecule has 0 rings (SSSR count). The van der Waals surface area contributed by atoms with Crippen LogP contribution in [0.25, 0.3) is 0 Å². The van der Waals surface area contributed by atoms with Gasteiger partial charge in [-0.05, 0) is 44.9 Å². The number of hydrogen-bond donors (Lipinski definition) is 3. The van der Waals surface area contributed by atoms with Crippen LogP contribution in [0, 0.1) is 0 Å². The highest BCUT2D eigenvalue weighted by molar-refractivity contribution is 5.76. The summed E-state index contributed by atoms with van der Waals surface area (Å²) in [6.07, 6.45) is 42.2. The molecule has 2 atom stereocenters. The van der Waals surface area contributed by atoms with Crippen LogP contribution in [0.2, 0.25) is 0 Å². The van der Waals surface area contributed by atoms with Crippen molar-refractivity contribution in [1.82, 2.24) is 5.32 Å². The van der Waals surface area contributed by atoms with Crippen molar-refractivity contribution in [3.8, 4) is 0 Å². The van der Waals surface area contributed by atoms with Crippen molar-refractivity contribution in [3.63, 3.8) is 0 Å². The normalized spacial score (nSPS) is 13.6. The number of aliphatic hydroxyl groups is 2. The van der Waals surface area contributed by atoms with E-state index in [1.165, 1.54) is 116 Å². The van der Waals surface area contributed by atoms with Crippen molar-refractivity contribution in [2.75, 3.05) is 6.61 Å². The summed E-state index contributed by atoms with van der Waals surface area (Å²) in [5, 5.41) is 22.8. The highest BCUT2D eigenvalue weighted by Crippen LogP contribution is 2.14. The van der Waals surface area contributed by atoms with Crippen molar-refractivity contribution in [2.45, 2.75) is 187 Å². The number of carbonyl (C=O) groups is 1. The molecule has 0 fully saturated rings. The second-order valence-corrected chi connectivity index (χ2v) is 11.9. The summed E-state index contributed by atoms with van der Waals surface area (Å²) in [6.45, 7) is 4.26. The molecule has 0 radical (unpaired) electrons. The molecule has 2 unspecified atom stereocenters. The fourth-order valence-corrected chi connectivity index (χ4v) is 5.09. The SMILES string of the molecule is CCCCCC/C=C/CC/C=C/CC/C=C/C(O)C(CO)NC(=O)CCCCCCCCCCCCCCCCC. The number of carbonyl (C=O) groups excluding carboxylic acids is 1. The molecule has 4 heteroatoms. The number of unbranched alkanes of at least 4 members (excludes halogenated alkanes) is 20. The average molecular weight is 576 g/mol. The summed E-state index contributed by atoms with van der Waals surface area (Å²) in [6, 6.07) is -0.639. The van der Waals surface area contributed by atoms with Gasteiger partial charge in [-0.3, -0.25) is 4.79 Å². The predicted molar refractivity (Wildman–Crippen MR) is 179 cm³/mol. The number of aliphatic hydroxyl groups excluding tert-OH is 2. The Morgan fingerprint density at radius 3 is 1.41 bits per heavy atom. The molecular formula is C37H69NO3. The van der Waals surface area contributed by atoms with E-state index in [1.807, 2.05) is 6.08 Å². The number of rotatable bonds is 31. The van der Waals surface area contributed by atoms with Gasteiger partial charge in [0.15, 0.2) is 0 Å². The lowest BCUT2D eigenvalue weighted by molar-refractivity contribution is -0.123. The topological polar surface area (TPSA) is 69.6 Å². The zero-order valence-electron chi connectivity index (χ0n) is 27.3. The lowest BCUT2D eigenvalue weighted by Crippen LogP contribution is -2.45. The molecule has 0 bridgehead atoms. The van der Waals surface area contributed by atoms with Crippen LogP contribution < -0.4 is 5.32 Å². The minimum atomic E-state index is -0.864. The number of amides is 1. The zero-order chi connectivity index (χ0) is 30.1. The maximum atomic E-state index is 12.3. The van der Waals surface area contributed by atoms with E-state index in [0.717, 1.165) is 38.5 Å². The summed E-state index contributed by atoms with van der Waals surface area (Å²) in [7, 11) is 0. The second-order valence-electron chi connectivity index (χ2n) is 11.9. The van der Waals surface area contributed by atoms with Crippen molar-refractivity contribution in [2.24, 2.45) is 0 Å². The van der Waals surface area contributed by atoms with E-state index in [4.69, 9.17) is 0 Å². The van der Waals surface area contributed by atoms with Crippen molar-refractivity contribution < 1.29 is 15.0 Å². The van der Waals surface area contributed by atoms with E-state index in [0.29, 0.717) is 6.42 Å². The summed E-state index contributed by atoms with van der Waals surface area (Å²) < 4.78 is 0. The van der Waals surface area contributed by atoms with Crippen molar-refractivity contribution in [3.05, 3.63) is 36.5 Å². The van der Waals surface area contributed by atoms with E-state index in [-0.39, 0.29) is 12.5 Å². The molecule has 0 saturated heterocycles. The van der Waals surface area contributed by atoms with E-state index in [9.17, 15) is 15.0 Å². The molecule has 0 aromatic heterocycles. The molecule has 0 aromatic rings. The predicted octanol–water partition coefficient (Wildman–Crippen LogP) is 10.3. The van der Waals surface area contributed by atoms with Gasteiger partial charge in [0.2, 0.25) is 5.91 Å². The zero-order valence-corrected chi connectivity index (χ0v) is 27.3. The molecule has 41 heavy (non-hydrogen) atoms. The molecule has 1 amide bonds. The van der Waals surface area contributed by atoms with Gasteiger partial charge >= 0.3 is 0 Å². The van der Waals surface area contributed by atoms with Crippen LogP contribution in [-0.2, 0) is 4.79 Å². The molecule has 0 heterocycles. The number of allylic oxidation sites excluding steroid dienone is 5. The first-order chi connectivity index (χ1) is 20.2. The Morgan fingerprint density at radius 1 is 0.561 bits per heavy atom. The van der Waals surface area contributed by atoms with Gasteiger partial charge in [0.1, 0.15) is 0 Å². The third-order valence-electron chi connectivity index (χ3n) is 7.85.